The Kier molecular flexibility index (Phi) is 4.49. The number of hydrogen-bond donors (Lipinski definition) is 2. The van der Waals surface area contributed by atoms with Crippen LogP contribution in [0.25, 0.3) is 0 Å². The van der Waals surface area contributed by atoms with Crippen LogP contribution in [0.3, 0.4) is 0 Å². The Balaban J connectivity index is 1.95. The molecule has 0 heterocycles. The summed E-state index contributed by atoms with van der Waals surface area (Å²) in [6.45, 7) is 3.24. The molecule has 0 aromatic heterocycles. The van der Waals surface area contributed by atoms with Crippen molar-refractivity contribution in [1.29, 1.82) is 0 Å². The number of nitrogens with two attached hydrogens (primary N) is 1. The van der Waals surface area contributed by atoms with E-state index in [9.17, 15) is 4.39 Å². The maximum atomic E-state index is 13.3. The molecule has 0 radical (unpaired) electrons. The molecule has 0 bridgehead atoms. The van der Waals surface area contributed by atoms with Crippen LogP contribution < -0.4 is 11.1 Å². The minimum atomic E-state index is -0.315. The molecule has 0 spiro atoms. The summed E-state index contributed by atoms with van der Waals surface area (Å²) < 4.78 is 13.7. The van der Waals surface area contributed by atoms with Gasteiger partial charge in [0.1, 0.15) is 5.82 Å². The monoisotopic (exact) mass is 314 g/mol. The largest absolute Gasteiger partial charge is 0.397 e. The second-order valence-electron chi connectivity index (χ2n) is 5.37. The van der Waals surface area contributed by atoms with Crippen LogP contribution in [-0.2, 0) is 0 Å². The van der Waals surface area contributed by atoms with E-state index in [1.54, 1.807) is 6.07 Å². The Bertz CT molecular complexity index is 423. The summed E-state index contributed by atoms with van der Waals surface area (Å²) in [5, 5.41) is 3.35. The van der Waals surface area contributed by atoms with Gasteiger partial charge in [-0.05, 0) is 46.7 Å². The molecular formula is C14H20BrFN2. The van der Waals surface area contributed by atoms with E-state index in [-0.39, 0.29) is 5.82 Å². The number of rotatable bonds is 3. The number of halogens is 2. The SMILES string of the molecule is CC1CCCC(CNc2cc(Br)c(F)cc2N)C1. The van der Waals surface area contributed by atoms with Gasteiger partial charge in [0.2, 0.25) is 0 Å². The summed E-state index contributed by atoms with van der Waals surface area (Å²) >= 11 is 3.19. The third-order valence-corrected chi connectivity index (χ3v) is 4.33. The molecule has 1 aromatic rings. The zero-order chi connectivity index (χ0) is 13.1. The van der Waals surface area contributed by atoms with E-state index in [0.717, 1.165) is 18.2 Å². The first-order chi connectivity index (χ1) is 8.56. The van der Waals surface area contributed by atoms with Gasteiger partial charge in [-0.15, -0.1) is 0 Å². The van der Waals surface area contributed by atoms with Crippen molar-refractivity contribution in [2.45, 2.75) is 32.6 Å². The Morgan fingerprint density at radius 2 is 2.22 bits per heavy atom. The van der Waals surface area contributed by atoms with E-state index < -0.39 is 0 Å². The minimum Gasteiger partial charge on any atom is -0.397 e. The Morgan fingerprint density at radius 1 is 1.44 bits per heavy atom. The van der Waals surface area contributed by atoms with Crippen LogP contribution in [0.15, 0.2) is 16.6 Å². The van der Waals surface area contributed by atoms with Crippen molar-refractivity contribution < 1.29 is 4.39 Å². The van der Waals surface area contributed by atoms with E-state index in [4.69, 9.17) is 5.73 Å². The summed E-state index contributed by atoms with van der Waals surface area (Å²) in [6.07, 6.45) is 5.21. The normalized spacial score (nSPS) is 23.9. The quantitative estimate of drug-likeness (QED) is 0.811. The first kappa shape index (κ1) is 13.7. The Morgan fingerprint density at radius 3 is 2.94 bits per heavy atom. The van der Waals surface area contributed by atoms with E-state index in [0.29, 0.717) is 16.1 Å². The first-order valence-electron chi connectivity index (χ1n) is 6.54. The molecule has 0 saturated heterocycles. The predicted octanol–water partition coefficient (Wildman–Crippen LogP) is 4.41. The lowest BCUT2D eigenvalue weighted by atomic mass is 9.82. The highest BCUT2D eigenvalue weighted by Gasteiger charge is 2.18. The second kappa shape index (κ2) is 5.91. The standard InChI is InChI=1S/C14H20BrFN2/c1-9-3-2-4-10(5-9)8-18-14-6-11(15)12(16)7-13(14)17/h6-7,9-10,18H,2-5,8,17H2,1H3. The fourth-order valence-electron chi connectivity index (χ4n) is 2.71. The molecule has 4 heteroatoms. The third kappa shape index (κ3) is 3.37. The summed E-state index contributed by atoms with van der Waals surface area (Å²) in [7, 11) is 0. The van der Waals surface area contributed by atoms with Gasteiger partial charge in [-0.2, -0.15) is 0 Å². The highest BCUT2D eigenvalue weighted by molar-refractivity contribution is 9.10. The van der Waals surface area contributed by atoms with E-state index in [1.807, 2.05) is 0 Å². The molecule has 2 atom stereocenters. The van der Waals surface area contributed by atoms with Gasteiger partial charge in [-0.1, -0.05) is 19.8 Å². The molecule has 1 aliphatic carbocycles. The average Bonchev–Trinajstić information content (AvgIpc) is 2.32. The number of benzene rings is 1. The lowest BCUT2D eigenvalue weighted by Crippen LogP contribution is -2.21. The van der Waals surface area contributed by atoms with Crippen LogP contribution >= 0.6 is 15.9 Å². The van der Waals surface area contributed by atoms with Crippen LogP contribution in [-0.4, -0.2) is 6.54 Å². The van der Waals surface area contributed by atoms with Crippen molar-refractivity contribution in [2.24, 2.45) is 11.8 Å². The van der Waals surface area contributed by atoms with Crippen LogP contribution in [0.1, 0.15) is 32.6 Å². The summed E-state index contributed by atoms with van der Waals surface area (Å²) in [6, 6.07) is 3.08. The number of nitrogens with one attached hydrogen (secondary N) is 1. The molecule has 2 rings (SSSR count). The summed E-state index contributed by atoms with van der Waals surface area (Å²) in [4.78, 5) is 0. The molecule has 2 unspecified atom stereocenters. The van der Waals surface area contributed by atoms with Crippen LogP contribution in [0, 0.1) is 17.7 Å². The van der Waals surface area contributed by atoms with Gasteiger partial charge in [-0.3, -0.25) is 0 Å². The summed E-state index contributed by atoms with van der Waals surface area (Å²) in [5.74, 6) is 1.21. The Labute approximate surface area is 116 Å². The van der Waals surface area contributed by atoms with Gasteiger partial charge in [0, 0.05) is 12.6 Å². The smallest absolute Gasteiger partial charge is 0.139 e. The third-order valence-electron chi connectivity index (χ3n) is 3.72. The predicted molar refractivity (Wildman–Crippen MR) is 78.1 cm³/mol. The van der Waals surface area contributed by atoms with Crippen molar-refractivity contribution in [3.63, 3.8) is 0 Å². The van der Waals surface area contributed by atoms with E-state index >= 15 is 0 Å². The molecule has 1 fully saturated rings. The lowest BCUT2D eigenvalue weighted by molar-refractivity contribution is 0.293. The van der Waals surface area contributed by atoms with Crippen LogP contribution in [0.5, 0.6) is 0 Å². The average molecular weight is 315 g/mol. The molecule has 0 amide bonds. The first-order valence-corrected chi connectivity index (χ1v) is 7.34. The summed E-state index contributed by atoms with van der Waals surface area (Å²) in [5.41, 5.74) is 7.10. The van der Waals surface area contributed by atoms with Gasteiger partial charge in [0.25, 0.3) is 0 Å². The molecule has 3 N–H and O–H groups in total. The van der Waals surface area contributed by atoms with Crippen LogP contribution in [0.4, 0.5) is 15.8 Å². The zero-order valence-corrected chi connectivity index (χ0v) is 12.3. The molecule has 2 nitrogen and oxygen atoms in total. The molecule has 0 aliphatic heterocycles. The molecule has 1 saturated carbocycles. The molecule has 18 heavy (non-hydrogen) atoms. The van der Waals surface area contributed by atoms with Crippen molar-refractivity contribution in [1.82, 2.24) is 0 Å². The van der Waals surface area contributed by atoms with E-state index in [2.05, 4.69) is 28.2 Å². The maximum Gasteiger partial charge on any atom is 0.139 e. The highest BCUT2D eigenvalue weighted by atomic mass is 79.9. The minimum absolute atomic E-state index is 0.315. The lowest BCUT2D eigenvalue weighted by Gasteiger charge is -2.27. The molecule has 1 aliphatic rings. The number of nitrogen functional groups attached to an aromatic ring is 1. The number of hydrogen-bond acceptors (Lipinski definition) is 2. The topological polar surface area (TPSA) is 38.0 Å². The fourth-order valence-corrected chi connectivity index (χ4v) is 3.06. The maximum absolute atomic E-state index is 13.3. The van der Waals surface area contributed by atoms with Crippen molar-refractivity contribution in [3.05, 3.63) is 22.4 Å². The molecular weight excluding hydrogens is 295 g/mol. The van der Waals surface area contributed by atoms with Gasteiger partial charge >= 0.3 is 0 Å². The van der Waals surface area contributed by atoms with Gasteiger partial charge in [0.05, 0.1) is 15.8 Å². The fraction of sp³-hybridized carbons (Fsp3) is 0.571. The second-order valence-corrected chi connectivity index (χ2v) is 6.23. The molecule has 100 valence electrons. The van der Waals surface area contributed by atoms with Crippen molar-refractivity contribution in [2.75, 3.05) is 17.6 Å². The van der Waals surface area contributed by atoms with E-state index in [1.165, 1.54) is 31.7 Å². The molecule has 1 aromatic carbocycles. The number of anilines is 2. The van der Waals surface area contributed by atoms with Crippen molar-refractivity contribution >= 4 is 27.3 Å². The van der Waals surface area contributed by atoms with Gasteiger partial charge < -0.3 is 11.1 Å². The highest BCUT2D eigenvalue weighted by Crippen LogP contribution is 2.30. The van der Waals surface area contributed by atoms with Crippen molar-refractivity contribution in [3.8, 4) is 0 Å². The zero-order valence-electron chi connectivity index (χ0n) is 10.7. The van der Waals surface area contributed by atoms with Crippen LogP contribution in [0.2, 0.25) is 0 Å². The van der Waals surface area contributed by atoms with Gasteiger partial charge in [0.15, 0.2) is 0 Å². The Hall–Kier alpha value is -0.770. The van der Waals surface area contributed by atoms with Gasteiger partial charge in [-0.25, -0.2) is 4.39 Å².